The molecule has 0 radical (unpaired) electrons. The third kappa shape index (κ3) is 0.969. The normalized spacial score (nSPS) is 29.8. The van der Waals surface area contributed by atoms with E-state index >= 15 is 0 Å². The summed E-state index contributed by atoms with van der Waals surface area (Å²) in [5, 5.41) is 0. The molecule has 80 valence electrons. The fraction of sp³-hybridized carbons (Fsp3) is 0.583. The maximum Gasteiger partial charge on any atom is 0.259 e. The first-order valence-electron chi connectivity index (χ1n) is 5.36. The van der Waals surface area contributed by atoms with Crippen molar-refractivity contribution in [2.75, 3.05) is 0 Å². The first-order chi connectivity index (χ1) is 6.94. The Kier molecular flexibility index (Phi) is 1.54. The predicted molar refractivity (Wildman–Crippen MR) is 61.3 cm³/mol. The van der Waals surface area contributed by atoms with Gasteiger partial charge in [0.1, 0.15) is 0 Å². The smallest absolute Gasteiger partial charge is 0.259 e. The Labute approximate surface area is 93.5 Å². The molecule has 1 aromatic heterocycles. The molecule has 0 unspecified atom stereocenters. The number of aryl methyl sites for hydroxylation is 1. The summed E-state index contributed by atoms with van der Waals surface area (Å²) >= 11 is 1.58. The molecule has 15 heavy (non-hydrogen) atoms. The van der Waals surface area contributed by atoms with Crippen LogP contribution in [0.25, 0.3) is 0 Å². The van der Waals surface area contributed by atoms with E-state index in [1.54, 1.807) is 11.3 Å². The second-order valence-corrected chi connectivity index (χ2v) is 6.58. The van der Waals surface area contributed by atoms with Crippen molar-refractivity contribution in [3.05, 3.63) is 20.9 Å². The predicted octanol–water partition coefficient (Wildman–Crippen LogP) is 2.45. The van der Waals surface area contributed by atoms with Crippen LogP contribution in [0.2, 0.25) is 0 Å². The van der Waals surface area contributed by atoms with E-state index in [1.165, 1.54) is 16.0 Å². The molecule has 1 amide bonds. The van der Waals surface area contributed by atoms with E-state index in [0.29, 0.717) is 11.3 Å². The van der Waals surface area contributed by atoms with E-state index in [4.69, 9.17) is 5.73 Å². The highest BCUT2D eigenvalue weighted by Crippen LogP contribution is 2.71. The Morgan fingerprint density at radius 2 is 2.20 bits per heavy atom. The van der Waals surface area contributed by atoms with Crippen molar-refractivity contribution in [1.82, 2.24) is 0 Å². The van der Waals surface area contributed by atoms with Crippen molar-refractivity contribution in [2.24, 2.45) is 17.1 Å². The minimum absolute atomic E-state index is 0.247. The molecule has 2 aliphatic carbocycles. The molecule has 2 atom stereocenters. The first-order valence-corrected chi connectivity index (χ1v) is 6.18. The third-order valence-corrected chi connectivity index (χ3v) is 5.42. The van der Waals surface area contributed by atoms with Crippen LogP contribution in [-0.2, 0) is 6.42 Å². The second-order valence-electron chi connectivity index (χ2n) is 5.35. The van der Waals surface area contributed by atoms with Crippen LogP contribution in [0, 0.1) is 18.3 Å². The minimum atomic E-state index is -0.247. The summed E-state index contributed by atoms with van der Waals surface area (Å²) in [4.78, 5) is 13.4. The SMILES string of the molecule is Cc1sc(C(N)=O)c2c1[C@H]1[C@@H](C2)C1(C)C. The molecule has 3 heteroatoms. The topological polar surface area (TPSA) is 43.1 Å². The monoisotopic (exact) mass is 221 g/mol. The quantitative estimate of drug-likeness (QED) is 0.777. The summed E-state index contributed by atoms with van der Waals surface area (Å²) in [5.41, 5.74) is 8.56. The summed E-state index contributed by atoms with van der Waals surface area (Å²) in [6, 6.07) is 0. The lowest BCUT2D eigenvalue weighted by molar-refractivity contribution is 0.100. The average molecular weight is 221 g/mol. The molecule has 0 saturated heterocycles. The number of carbonyl (C=O) groups is 1. The van der Waals surface area contributed by atoms with Gasteiger partial charge in [-0.3, -0.25) is 4.79 Å². The molecule has 1 saturated carbocycles. The highest BCUT2D eigenvalue weighted by Gasteiger charge is 2.63. The number of carbonyl (C=O) groups excluding carboxylic acids is 1. The standard InChI is InChI=1S/C12H15NOS/c1-5-8-6(10(15-5)11(13)14)4-7-9(8)12(7,2)3/h7,9H,4H2,1-3H3,(H2,13,14)/t7-,9-/m1/s1. The van der Waals surface area contributed by atoms with Crippen molar-refractivity contribution in [3.8, 4) is 0 Å². The highest BCUT2D eigenvalue weighted by atomic mass is 32.1. The molecule has 3 rings (SSSR count). The van der Waals surface area contributed by atoms with Crippen LogP contribution >= 0.6 is 11.3 Å². The third-order valence-electron chi connectivity index (χ3n) is 4.24. The zero-order chi connectivity index (χ0) is 11.0. The number of hydrogen-bond donors (Lipinski definition) is 1. The molecule has 0 aliphatic heterocycles. The van der Waals surface area contributed by atoms with Crippen molar-refractivity contribution >= 4 is 17.2 Å². The Bertz CT molecular complexity index is 472. The van der Waals surface area contributed by atoms with Gasteiger partial charge in [0, 0.05) is 4.88 Å². The van der Waals surface area contributed by atoms with Gasteiger partial charge in [-0.15, -0.1) is 11.3 Å². The van der Waals surface area contributed by atoms with Crippen LogP contribution in [0.5, 0.6) is 0 Å². The lowest BCUT2D eigenvalue weighted by Gasteiger charge is -2.08. The van der Waals surface area contributed by atoms with E-state index in [2.05, 4.69) is 20.8 Å². The second kappa shape index (κ2) is 2.46. The summed E-state index contributed by atoms with van der Waals surface area (Å²) in [6.07, 6.45) is 1.07. The van der Waals surface area contributed by atoms with Crippen molar-refractivity contribution in [2.45, 2.75) is 33.1 Å². The largest absolute Gasteiger partial charge is 0.365 e. The molecule has 0 bridgehead atoms. The zero-order valence-electron chi connectivity index (χ0n) is 9.26. The van der Waals surface area contributed by atoms with Gasteiger partial charge in [-0.05, 0) is 41.7 Å². The van der Waals surface area contributed by atoms with Gasteiger partial charge in [0.05, 0.1) is 4.88 Å². The van der Waals surface area contributed by atoms with Gasteiger partial charge < -0.3 is 5.73 Å². The molecular formula is C12H15NOS. The Hall–Kier alpha value is -0.830. The maximum atomic E-state index is 11.3. The number of fused-ring (bicyclic) bond motifs is 3. The van der Waals surface area contributed by atoms with Gasteiger partial charge in [0.15, 0.2) is 0 Å². The molecule has 1 fully saturated rings. The van der Waals surface area contributed by atoms with Gasteiger partial charge in [0.25, 0.3) is 5.91 Å². The number of nitrogens with two attached hydrogens (primary N) is 1. The average Bonchev–Trinajstić information content (AvgIpc) is 2.54. The Morgan fingerprint density at radius 3 is 2.80 bits per heavy atom. The zero-order valence-corrected chi connectivity index (χ0v) is 10.1. The minimum Gasteiger partial charge on any atom is -0.365 e. The molecule has 2 aliphatic rings. The Balaban J connectivity index is 2.14. The molecule has 1 aromatic rings. The molecule has 2 nitrogen and oxygen atoms in total. The highest BCUT2D eigenvalue weighted by molar-refractivity contribution is 7.14. The lowest BCUT2D eigenvalue weighted by Crippen LogP contribution is -2.12. The Morgan fingerprint density at radius 1 is 1.53 bits per heavy atom. The molecule has 0 aromatic carbocycles. The fourth-order valence-corrected chi connectivity index (χ4v) is 4.41. The van der Waals surface area contributed by atoms with Crippen molar-refractivity contribution in [1.29, 1.82) is 0 Å². The number of amides is 1. The fourth-order valence-electron chi connectivity index (χ4n) is 3.33. The summed E-state index contributed by atoms with van der Waals surface area (Å²) in [6.45, 7) is 6.77. The van der Waals surface area contributed by atoms with Crippen LogP contribution in [0.15, 0.2) is 0 Å². The molecule has 0 spiro atoms. The van der Waals surface area contributed by atoms with Gasteiger partial charge in [-0.25, -0.2) is 0 Å². The summed E-state index contributed by atoms with van der Waals surface area (Å²) in [7, 11) is 0. The van der Waals surface area contributed by atoms with Crippen LogP contribution in [0.1, 0.15) is 45.4 Å². The summed E-state index contributed by atoms with van der Waals surface area (Å²) in [5.74, 6) is 1.20. The lowest BCUT2D eigenvalue weighted by atomic mass is 9.95. The molecule has 1 heterocycles. The molecular weight excluding hydrogens is 206 g/mol. The maximum absolute atomic E-state index is 11.3. The van der Waals surface area contributed by atoms with E-state index in [9.17, 15) is 4.79 Å². The van der Waals surface area contributed by atoms with Crippen LogP contribution < -0.4 is 5.73 Å². The van der Waals surface area contributed by atoms with E-state index in [1.807, 2.05) is 0 Å². The first kappa shape index (κ1) is 9.40. The van der Waals surface area contributed by atoms with Crippen LogP contribution in [-0.4, -0.2) is 5.91 Å². The molecule has 2 N–H and O–H groups in total. The number of rotatable bonds is 1. The van der Waals surface area contributed by atoms with Gasteiger partial charge in [-0.2, -0.15) is 0 Å². The van der Waals surface area contributed by atoms with Crippen molar-refractivity contribution < 1.29 is 4.79 Å². The van der Waals surface area contributed by atoms with E-state index in [0.717, 1.165) is 17.2 Å². The summed E-state index contributed by atoms with van der Waals surface area (Å²) < 4.78 is 0. The number of hydrogen-bond acceptors (Lipinski definition) is 2. The van der Waals surface area contributed by atoms with Gasteiger partial charge in [0.2, 0.25) is 0 Å². The number of thiophene rings is 1. The van der Waals surface area contributed by atoms with Gasteiger partial charge in [-0.1, -0.05) is 13.8 Å². The van der Waals surface area contributed by atoms with Crippen molar-refractivity contribution in [3.63, 3.8) is 0 Å². The van der Waals surface area contributed by atoms with E-state index in [-0.39, 0.29) is 5.91 Å². The van der Waals surface area contributed by atoms with Gasteiger partial charge >= 0.3 is 0 Å². The van der Waals surface area contributed by atoms with Crippen LogP contribution in [0.3, 0.4) is 0 Å². The number of primary amides is 1. The van der Waals surface area contributed by atoms with E-state index < -0.39 is 0 Å². The van der Waals surface area contributed by atoms with Crippen LogP contribution in [0.4, 0.5) is 0 Å².